The molecule has 0 saturated heterocycles. The first-order chi connectivity index (χ1) is 12.0. The van der Waals surface area contributed by atoms with Crippen molar-refractivity contribution in [2.24, 2.45) is 0 Å². The van der Waals surface area contributed by atoms with E-state index in [0.717, 1.165) is 17.0 Å². The summed E-state index contributed by atoms with van der Waals surface area (Å²) >= 11 is 1.65. The number of carbonyl (C=O) groups is 2. The van der Waals surface area contributed by atoms with E-state index in [1.807, 2.05) is 44.4 Å². The van der Waals surface area contributed by atoms with Crippen LogP contribution >= 0.6 is 11.8 Å². The van der Waals surface area contributed by atoms with Crippen LogP contribution in [-0.4, -0.2) is 29.9 Å². The second-order valence-electron chi connectivity index (χ2n) is 5.96. The third-order valence-electron chi connectivity index (χ3n) is 4.04. The zero-order chi connectivity index (χ0) is 18.2. The quantitative estimate of drug-likeness (QED) is 0.793. The van der Waals surface area contributed by atoms with E-state index < -0.39 is 6.04 Å². The Morgan fingerprint density at radius 2 is 1.76 bits per heavy atom. The van der Waals surface area contributed by atoms with E-state index in [4.69, 9.17) is 0 Å². The Bertz CT molecular complexity index is 732. The molecule has 2 rings (SSSR count). The first kappa shape index (κ1) is 19.1. The summed E-state index contributed by atoms with van der Waals surface area (Å²) in [6, 6.07) is 14.2. The third kappa shape index (κ3) is 5.64. The Kier molecular flexibility index (Phi) is 7.07. The largest absolute Gasteiger partial charge is 0.340 e. The highest BCUT2D eigenvalue weighted by molar-refractivity contribution is 7.98. The summed E-state index contributed by atoms with van der Waals surface area (Å²) in [5.74, 6) is 0.364. The van der Waals surface area contributed by atoms with E-state index in [1.54, 1.807) is 36.0 Å². The zero-order valence-electron chi connectivity index (χ0n) is 14.8. The predicted octanol–water partition coefficient (Wildman–Crippen LogP) is 3.79. The second kappa shape index (κ2) is 9.28. The summed E-state index contributed by atoms with van der Waals surface area (Å²) in [5.41, 5.74) is 3.59. The lowest BCUT2D eigenvalue weighted by molar-refractivity contribution is -0.118. The molecule has 5 heteroatoms. The summed E-state index contributed by atoms with van der Waals surface area (Å²) in [6.07, 6.45) is 2.56. The molecule has 1 atom stereocenters. The molecule has 1 unspecified atom stereocenters. The minimum Gasteiger partial charge on any atom is -0.340 e. The van der Waals surface area contributed by atoms with Gasteiger partial charge in [0.25, 0.3) is 5.91 Å². The number of anilines is 1. The highest BCUT2D eigenvalue weighted by Gasteiger charge is 2.21. The molecule has 0 heterocycles. The van der Waals surface area contributed by atoms with E-state index in [9.17, 15) is 9.59 Å². The van der Waals surface area contributed by atoms with Gasteiger partial charge in [-0.25, -0.2) is 0 Å². The molecule has 0 saturated carbocycles. The predicted molar refractivity (Wildman–Crippen MR) is 105 cm³/mol. The van der Waals surface area contributed by atoms with Gasteiger partial charge in [-0.05, 0) is 67.7 Å². The average Bonchev–Trinajstić information content (AvgIpc) is 2.62. The van der Waals surface area contributed by atoms with Gasteiger partial charge in [0.1, 0.15) is 6.04 Å². The van der Waals surface area contributed by atoms with Crippen molar-refractivity contribution < 1.29 is 9.59 Å². The maximum atomic E-state index is 12.6. The Morgan fingerprint density at radius 3 is 2.40 bits per heavy atom. The Morgan fingerprint density at radius 1 is 1.04 bits per heavy atom. The lowest BCUT2D eigenvalue weighted by Crippen LogP contribution is -2.44. The summed E-state index contributed by atoms with van der Waals surface area (Å²) in [6.45, 7) is 4.04. The number of amides is 2. The summed E-state index contributed by atoms with van der Waals surface area (Å²) in [5, 5.41) is 5.76. The maximum Gasteiger partial charge on any atom is 0.251 e. The van der Waals surface area contributed by atoms with Gasteiger partial charge in [0, 0.05) is 11.3 Å². The van der Waals surface area contributed by atoms with Gasteiger partial charge in [-0.15, -0.1) is 0 Å². The molecule has 25 heavy (non-hydrogen) atoms. The van der Waals surface area contributed by atoms with Gasteiger partial charge in [-0.3, -0.25) is 9.59 Å². The van der Waals surface area contributed by atoms with Crippen molar-refractivity contribution >= 4 is 29.3 Å². The smallest absolute Gasteiger partial charge is 0.251 e. The Hall–Kier alpha value is -2.27. The van der Waals surface area contributed by atoms with Gasteiger partial charge < -0.3 is 10.6 Å². The lowest BCUT2D eigenvalue weighted by Gasteiger charge is -2.18. The number of benzene rings is 2. The minimum absolute atomic E-state index is 0.193. The van der Waals surface area contributed by atoms with Crippen molar-refractivity contribution in [3.8, 4) is 0 Å². The zero-order valence-corrected chi connectivity index (χ0v) is 15.7. The fourth-order valence-electron chi connectivity index (χ4n) is 2.38. The molecule has 0 aliphatic carbocycles. The number of aryl methyl sites for hydroxylation is 2. The molecular formula is C20H24N2O2S. The SMILES string of the molecule is CSCCC(NC(=O)c1ccccc1)C(=O)Nc1ccc(C)c(C)c1. The first-order valence-electron chi connectivity index (χ1n) is 8.24. The molecule has 132 valence electrons. The molecule has 4 nitrogen and oxygen atoms in total. The number of thioether (sulfide) groups is 1. The van der Waals surface area contributed by atoms with Crippen molar-refractivity contribution in [2.45, 2.75) is 26.3 Å². The van der Waals surface area contributed by atoms with Crippen LogP contribution in [-0.2, 0) is 4.79 Å². The second-order valence-corrected chi connectivity index (χ2v) is 6.95. The van der Waals surface area contributed by atoms with Gasteiger partial charge in [-0.2, -0.15) is 11.8 Å². The van der Waals surface area contributed by atoms with Crippen molar-refractivity contribution in [1.29, 1.82) is 0 Å². The van der Waals surface area contributed by atoms with Crippen LogP contribution < -0.4 is 10.6 Å². The maximum absolute atomic E-state index is 12.6. The molecule has 2 N–H and O–H groups in total. The number of carbonyl (C=O) groups excluding carboxylic acids is 2. The molecule has 0 aliphatic heterocycles. The van der Waals surface area contributed by atoms with Crippen molar-refractivity contribution in [3.63, 3.8) is 0 Å². The standard InChI is InChI=1S/C20H24N2O2S/c1-14-9-10-17(13-15(14)2)21-20(24)18(11-12-25-3)22-19(23)16-7-5-4-6-8-16/h4-10,13,18H,11-12H2,1-3H3,(H,21,24)(H,22,23). The summed E-state index contributed by atoms with van der Waals surface area (Å²) < 4.78 is 0. The molecule has 0 bridgehead atoms. The van der Waals surface area contributed by atoms with Crippen molar-refractivity contribution in [2.75, 3.05) is 17.3 Å². The molecule has 0 fully saturated rings. The van der Waals surface area contributed by atoms with Crippen LogP contribution in [0.3, 0.4) is 0 Å². The van der Waals surface area contributed by atoms with Gasteiger partial charge in [0.05, 0.1) is 0 Å². The molecule has 0 spiro atoms. The summed E-state index contributed by atoms with van der Waals surface area (Å²) in [4.78, 5) is 25.0. The molecule has 2 aromatic carbocycles. The van der Waals surface area contributed by atoms with Gasteiger partial charge in [0.15, 0.2) is 0 Å². The molecule has 2 amide bonds. The van der Waals surface area contributed by atoms with Crippen LogP contribution in [0.5, 0.6) is 0 Å². The van der Waals surface area contributed by atoms with Crippen LogP contribution in [0.4, 0.5) is 5.69 Å². The molecule has 0 aromatic heterocycles. The molecule has 0 radical (unpaired) electrons. The van der Waals surface area contributed by atoms with Gasteiger partial charge in [-0.1, -0.05) is 24.3 Å². The van der Waals surface area contributed by atoms with E-state index >= 15 is 0 Å². The van der Waals surface area contributed by atoms with Crippen LogP contribution in [0.1, 0.15) is 27.9 Å². The highest BCUT2D eigenvalue weighted by atomic mass is 32.2. The van der Waals surface area contributed by atoms with Crippen molar-refractivity contribution in [1.82, 2.24) is 5.32 Å². The van der Waals surface area contributed by atoms with E-state index in [1.165, 1.54) is 5.56 Å². The molecular weight excluding hydrogens is 332 g/mol. The van der Waals surface area contributed by atoms with E-state index in [2.05, 4.69) is 10.6 Å². The van der Waals surface area contributed by atoms with E-state index in [-0.39, 0.29) is 11.8 Å². The van der Waals surface area contributed by atoms with Crippen LogP contribution in [0.25, 0.3) is 0 Å². The number of rotatable bonds is 7. The van der Waals surface area contributed by atoms with Crippen LogP contribution in [0.15, 0.2) is 48.5 Å². The number of hydrogen-bond donors (Lipinski definition) is 2. The van der Waals surface area contributed by atoms with Gasteiger partial charge in [0.2, 0.25) is 5.91 Å². The molecule has 2 aromatic rings. The highest BCUT2D eigenvalue weighted by Crippen LogP contribution is 2.15. The first-order valence-corrected chi connectivity index (χ1v) is 9.63. The fourth-order valence-corrected chi connectivity index (χ4v) is 2.86. The minimum atomic E-state index is -0.568. The third-order valence-corrected chi connectivity index (χ3v) is 4.69. The normalized spacial score (nSPS) is 11.6. The Balaban J connectivity index is 2.08. The fraction of sp³-hybridized carbons (Fsp3) is 0.300. The number of hydrogen-bond acceptors (Lipinski definition) is 3. The average molecular weight is 356 g/mol. The monoisotopic (exact) mass is 356 g/mol. The van der Waals surface area contributed by atoms with Crippen molar-refractivity contribution in [3.05, 3.63) is 65.2 Å². The van der Waals surface area contributed by atoms with Gasteiger partial charge >= 0.3 is 0 Å². The van der Waals surface area contributed by atoms with Crippen LogP contribution in [0.2, 0.25) is 0 Å². The number of nitrogens with one attached hydrogen (secondary N) is 2. The lowest BCUT2D eigenvalue weighted by atomic mass is 10.1. The topological polar surface area (TPSA) is 58.2 Å². The Labute approximate surface area is 153 Å². The summed E-state index contributed by atoms with van der Waals surface area (Å²) in [7, 11) is 0. The molecule has 0 aliphatic rings. The van der Waals surface area contributed by atoms with E-state index in [0.29, 0.717) is 12.0 Å². The van der Waals surface area contributed by atoms with Crippen LogP contribution in [0, 0.1) is 13.8 Å².